The van der Waals surface area contributed by atoms with Crippen molar-refractivity contribution in [2.75, 3.05) is 16.8 Å². The molecule has 2 amide bonds. The summed E-state index contributed by atoms with van der Waals surface area (Å²) in [5.41, 5.74) is 4.95. The van der Waals surface area contributed by atoms with Crippen LogP contribution in [0.2, 0.25) is 0 Å². The van der Waals surface area contributed by atoms with Crippen LogP contribution in [0.3, 0.4) is 0 Å². The zero-order valence-corrected chi connectivity index (χ0v) is 9.57. The number of carbonyl (C=O) groups is 2. The summed E-state index contributed by atoms with van der Waals surface area (Å²) in [7, 11) is 0. The molecule has 0 fully saturated rings. The van der Waals surface area contributed by atoms with Gasteiger partial charge in [-0.1, -0.05) is 0 Å². The molecule has 7 heteroatoms. The molecule has 5 nitrogen and oxygen atoms in total. The fourth-order valence-electron chi connectivity index (χ4n) is 0.805. The summed E-state index contributed by atoms with van der Waals surface area (Å²) in [5.74, 6) is 0.382. The number of nitrogens with zero attached hydrogens (tertiary/aromatic N) is 1. The Morgan fingerprint density at radius 2 is 2.40 bits per heavy atom. The molecule has 0 unspecified atom stereocenters. The number of nitrogens with one attached hydrogen (secondary N) is 1. The Morgan fingerprint density at radius 3 is 3.00 bits per heavy atom. The molecular weight excluding hydrogens is 234 g/mol. The van der Waals surface area contributed by atoms with E-state index in [4.69, 9.17) is 5.73 Å². The minimum absolute atomic E-state index is 0.0954. The van der Waals surface area contributed by atoms with Crippen molar-refractivity contribution in [2.45, 2.75) is 6.42 Å². The Morgan fingerprint density at radius 1 is 1.60 bits per heavy atom. The number of hydrogen-bond donors (Lipinski definition) is 2. The third-order valence-corrected chi connectivity index (χ3v) is 3.07. The number of nitrogens with two attached hydrogens (primary N) is 1. The van der Waals surface area contributed by atoms with Crippen molar-refractivity contribution < 1.29 is 9.59 Å². The van der Waals surface area contributed by atoms with Crippen LogP contribution in [0.5, 0.6) is 0 Å². The first-order valence-electron chi connectivity index (χ1n) is 4.24. The summed E-state index contributed by atoms with van der Waals surface area (Å²) in [6.45, 7) is 0. The predicted molar refractivity (Wildman–Crippen MR) is 61.9 cm³/mol. The van der Waals surface area contributed by atoms with Gasteiger partial charge in [-0.3, -0.25) is 9.59 Å². The third-order valence-electron chi connectivity index (χ3n) is 1.40. The highest BCUT2D eigenvalue weighted by molar-refractivity contribution is 7.99. The number of carbonyl (C=O) groups excluding carboxylic acids is 2. The van der Waals surface area contributed by atoms with E-state index in [0.717, 1.165) is 0 Å². The molecule has 1 rings (SSSR count). The van der Waals surface area contributed by atoms with E-state index in [1.54, 1.807) is 11.6 Å². The molecule has 0 radical (unpaired) electrons. The average Bonchev–Trinajstić information content (AvgIpc) is 2.64. The minimum atomic E-state index is -0.361. The van der Waals surface area contributed by atoms with E-state index in [1.807, 2.05) is 0 Å². The number of aromatic nitrogens is 1. The predicted octanol–water partition coefficient (Wildman–Crippen LogP) is 0.690. The summed E-state index contributed by atoms with van der Waals surface area (Å²) < 4.78 is 0. The van der Waals surface area contributed by atoms with Gasteiger partial charge in [-0.15, -0.1) is 11.3 Å². The molecule has 0 aliphatic heterocycles. The lowest BCUT2D eigenvalue weighted by Gasteiger charge is -2.00. The maximum absolute atomic E-state index is 11.3. The van der Waals surface area contributed by atoms with E-state index < -0.39 is 0 Å². The average molecular weight is 245 g/mol. The molecule has 82 valence electrons. The molecule has 0 spiro atoms. The molecule has 0 saturated heterocycles. The van der Waals surface area contributed by atoms with Gasteiger partial charge >= 0.3 is 0 Å². The van der Waals surface area contributed by atoms with Crippen molar-refractivity contribution in [1.29, 1.82) is 0 Å². The fraction of sp³-hybridized carbons (Fsp3) is 0.375. The summed E-state index contributed by atoms with van der Waals surface area (Å²) in [5, 5.41) is 5.04. The minimum Gasteiger partial charge on any atom is -0.369 e. The summed E-state index contributed by atoms with van der Waals surface area (Å²) in [6.07, 6.45) is 1.99. The van der Waals surface area contributed by atoms with Crippen molar-refractivity contribution in [3.8, 4) is 0 Å². The second-order valence-electron chi connectivity index (χ2n) is 2.65. The first-order valence-corrected chi connectivity index (χ1v) is 6.27. The Hall–Kier alpha value is -1.08. The molecular formula is C8H11N3O2S2. The van der Waals surface area contributed by atoms with E-state index in [1.165, 1.54) is 23.1 Å². The first kappa shape index (κ1) is 12.0. The van der Waals surface area contributed by atoms with Crippen molar-refractivity contribution in [3.05, 3.63) is 11.6 Å². The van der Waals surface area contributed by atoms with Gasteiger partial charge in [0.2, 0.25) is 11.8 Å². The van der Waals surface area contributed by atoms with Crippen LogP contribution >= 0.6 is 23.1 Å². The highest BCUT2D eigenvalue weighted by Crippen LogP contribution is 2.11. The molecule has 0 atom stereocenters. The van der Waals surface area contributed by atoms with Gasteiger partial charge in [-0.05, 0) is 0 Å². The van der Waals surface area contributed by atoms with Crippen molar-refractivity contribution in [2.24, 2.45) is 5.73 Å². The lowest BCUT2D eigenvalue weighted by atomic mass is 10.5. The van der Waals surface area contributed by atoms with Gasteiger partial charge in [-0.25, -0.2) is 4.98 Å². The van der Waals surface area contributed by atoms with Gasteiger partial charge in [0.15, 0.2) is 5.13 Å². The van der Waals surface area contributed by atoms with Crippen LogP contribution in [0.15, 0.2) is 11.6 Å². The number of thioether (sulfide) groups is 1. The summed E-state index contributed by atoms with van der Waals surface area (Å²) >= 11 is 2.72. The largest absolute Gasteiger partial charge is 0.369 e. The molecule has 15 heavy (non-hydrogen) atoms. The third kappa shape index (κ3) is 5.38. The van der Waals surface area contributed by atoms with E-state index in [0.29, 0.717) is 17.3 Å². The zero-order chi connectivity index (χ0) is 11.1. The topological polar surface area (TPSA) is 85.1 Å². The van der Waals surface area contributed by atoms with Crippen LogP contribution in [0, 0.1) is 0 Å². The maximum Gasteiger partial charge on any atom is 0.227 e. The highest BCUT2D eigenvalue weighted by atomic mass is 32.2. The Balaban J connectivity index is 2.11. The van der Waals surface area contributed by atoms with Crippen LogP contribution in [-0.2, 0) is 9.59 Å². The molecule has 0 aliphatic rings. The number of rotatable bonds is 6. The summed E-state index contributed by atoms with van der Waals surface area (Å²) in [4.78, 5) is 25.6. The number of anilines is 1. The Kier molecular flexibility index (Phi) is 5.13. The molecule has 1 aromatic rings. The van der Waals surface area contributed by atoms with Crippen LogP contribution in [0.25, 0.3) is 0 Å². The van der Waals surface area contributed by atoms with E-state index in [-0.39, 0.29) is 17.6 Å². The van der Waals surface area contributed by atoms with Gasteiger partial charge in [-0.2, -0.15) is 11.8 Å². The van der Waals surface area contributed by atoms with Crippen molar-refractivity contribution in [3.63, 3.8) is 0 Å². The number of thiazole rings is 1. The molecule has 0 aliphatic carbocycles. The lowest BCUT2D eigenvalue weighted by Crippen LogP contribution is -2.15. The molecule has 0 saturated carbocycles. The molecule has 1 aromatic heterocycles. The van der Waals surface area contributed by atoms with Crippen molar-refractivity contribution >= 4 is 40.0 Å². The standard InChI is InChI=1S/C8H11N3O2S2/c9-6(12)5-14-3-1-7(13)11-8-10-2-4-15-8/h2,4H,1,3,5H2,(H2,9,12)(H,10,11,13). The number of hydrogen-bond acceptors (Lipinski definition) is 5. The quantitative estimate of drug-likeness (QED) is 0.722. The number of amides is 2. The van der Waals surface area contributed by atoms with E-state index in [2.05, 4.69) is 10.3 Å². The van der Waals surface area contributed by atoms with Crippen LogP contribution in [0.1, 0.15) is 6.42 Å². The van der Waals surface area contributed by atoms with Crippen LogP contribution in [-0.4, -0.2) is 28.3 Å². The zero-order valence-electron chi connectivity index (χ0n) is 7.93. The van der Waals surface area contributed by atoms with Crippen LogP contribution < -0.4 is 11.1 Å². The number of primary amides is 1. The highest BCUT2D eigenvalue weighted by Gasteiger charge is 2.04. The van der Waals surface area contributed by atoms with E-state index >= 15 is 0 Å². The maximum atomic E-state index is 11.3. The fourth-order valence-corrected chi connectivity index (χ4v) is 2.02. The van der Waals surface area contributed by atoms with Gasteiger partial charge in [0.1, 0.15) is 0 Å². The van der Waals surface area contributed by atoms with Gasteiger partial charge in [0.25, 0.3) is 0 Å². The molecule has 0 aromatic carbocycles. The van der Waals surface area contributed by atoms with E-state index in [9.17, 15) is 9.59 Å². The van der Waals surface area contributed by atoms with Crippen LogP contribution in [0.4, 0.5) is 5.13 Å². The van der Waals surface area contributed by atoms with Gasteiger partial charge in [0, 0.05) is 23.8 Å². The monoisotopic (exact) mass is 245 g/mol. The van der Waals surface area contributed by atoms with Gasteiger partial charge < -0.3 is 11.1 Å². The first-order chi connectivity index (χ1) is 7.18. The molecule has 1 heterocycles. The summed E-state index contributed by atoms with van der Waals surface area (Å²) in [6, 6.07) is 0. The molecule has 3 N–H and O–H groups in total. The second-order valence-corrected chi connectivity index (χ2v) is 4.65. The smallest absolute Gasteiger partial charge is 0.227 e. The Labute approximate surface area is 95.5 Å². The second kappa shape index (κ2) is 6.41. The SMILES string of the molecule is NC(=O)CSCCC(=O)Nc1nccs1. The Bertz CT molecular complexity index is 327. The lowest BCUT2D eigenvalue weighted by molar-refractivity contribution is -0.116. The van der Waals surface area contributed by atoms with Crippen molar-refractivity contribution in [1.82, 2.24) is 4.98 Å². The molecule has 0 bridgehead atoms. The normalized spacial score (nSPS) is 9.87. The van der Waals surface area contributed by atoms with Gasteiger partial charge in [0.05, 0.1) is 5.75 Å².